The molecule has 3 atom stereocenters. The number of likely N-dealkylation sites (tertiary alicyclic amines) is 1. The lowest BCUT2D eigenvalue weighted by Gasteiger charge is -2.40. The summed E-state index contributed by atoms with van der Waals surface area (Å²) in [6.07, 6.45) is 4.53. The molecule has 2 saturated heterocycles. The third kappa shape index (κ3) is 4.17. The lowest BCUT2D eigenvalue weighted by molar-refractivity contribution is -0.135. The van der Waals surface area contributed by atoms with Gasteiger partial charge in [0.05, 0.1) is 12.2 Å². The van der Waals surface area contributed by atoms with Crippen molar-refractivity contribution in [2.45, 2.75) is 57.8 Å². The second-order valence-electron chi connectivity index (χ2n) is 6.25. The molecule has 116 valence electrons. The van der Waals surface area contributed by atoms with E-state index in [1.807, 2.05) is 4.90 Å². The first-order valence-corrected chi connectivity index (χ1v) is 7.97. The number of ether oxygens (including phenoxy) is 1. The van der Waals surface area contributed by atoms with Crippen molar-refractivity contribution in [1.29, 1.82) is 0 Å². The molecule has 0 radical (unpaired) electrons. The van der Waals surface area contributed by atoms with Crippen LogP contribution in [0.3, 0.4) is 0 Å². The van der Waals surface area contributed by atoms with Gasteiger partial charge in [-0.1, -0.05) is 0 Å². The first-order chi connectivity index (χ1) is 9.60. The van der Waals surface area contributed by atoms with Gasteiger partial charge in [0, 0.05) is 45.2 Å². The van der Waals surface area contributed by atoms with Crippen molar-refractivity contribution < 1.29 is 9.53 Å². The summed E-state index contributed by atoms with van der Waals surface area (Å²) >= 11 is 0. The van der Waals surface area contributed by atoms with Crippen molar-refractivity contribution in [3.8, 4) is 0 Å². The molecule has 0 bridgehead atoms. The molecule has 2 aliphatic heterocycles. The van der Waals surface area contributed by atoms with Crippen molar-refractivity contribution in [3.63, 3.8) is 0 Å². The van der Waals surface area contributed by atoms with Crippen LogP contribution in [0.1, 0.15) is 39.5 Å². The normalized spacial score (nSPS) is 30.2. The third-order valence-corrected chi connectivity index (χ3v) is 4.36. The van der Waals surface area contributed by atoms with Gasteiger partial charge >= 0.3 is 0 Å². The number of carbonyl (C=O) groups is 1. The molecule has 0 spiro atoms. The van der Waals surface area contributed by atoms with Crippen molar-refractivity contribution in [3.05, 3.63) is 0 Å². The maximum Gasteiger partial charge on any atom is 0.224 e. The lowest BCUT2D eigenvalue weighted by atomic mass is 10.1. The number of amides is 1. The molecule has 0 aliphatic carbocycles. The minimum absolute atomic E-state index is 0.151. The Kier molecular flexibility index (Phi) is 5.81. The topological polar surface area (TPSA) is 58.8 Å². The van der Waals surface area contributed by atoms with Crippen LogP contribution in [-0.4, -0.2) is 66.7 Å². The molecule has 5 nitrogen and oxygen atoms in total. The van der Waals surface area contributed by atoms with E-state index in [1.165, 1.54) is 6.42 Å². The van der Waals surface area contributed by atoms with Gasteiger partial charge < -0.3 is 15.4 Å². The number of carbonyl (C=O) groups excluding carboxylic acids is 1. The van der Waals surface area contributed by atoms with E-state index >= 15 is 0 Å². The molecule has 2 aliphatic rings. The van der Waals surface area contributed by atoms with E-state index < -0.39 is 0 Å². The van der Waals surface area contributed by atoms with Gasteiger partial charge in [0.1, 0.15) is 0 Å². The molecule has 20 heavy (non-hydrogen) atoms. The molecule has 1 amide bonds. The Hall–Kier alpha value is -0.650. The van der Waals surface area contributed by atoms with E-state index in [9.17, 15) is 4.79 Å². The van der Waals surface area contributed by atoms with E-state index in [0.29, 0.717) is 13.0 Å². The smallest absolute Gasteiger partial charge is 0.224 e. The standard InChI is InChI=1S/C15H29N3O2/c1-12-10-18(11-13(2)20-12)14(9-16)8-15(19)17-6-4-3-5-7-17/h12-14H,3-11,16H2,1-2H3. The predicted molar refractivity (Wildman–Crippen MR) is 79.5 cm³/mol. The molecule has 0 aromatic rings. The van der Waals surface area contributed by atoms with Gasteiger partial charge in [-0.05, 0) is 33.1 Å². The van der Waals surface area contributed by atoms with E-state index in [-0.39, 0.29) is 24.2 Å². The Morgan fingerprint density at radius 3 is 2.35 bits per heavy atom. The lowest BCUT2D eigenvalue weighted by Crippen LogP contribution is -2.53. The van der Waals surface area contributed by atoms with Gasteiger partial charge in [0.25, 0.3) is 0 Å². The summed E-state index contributed by atoms with van der Waals surface area (Å²) in [4.78, 5) is 16.7. The third-order valence-electron chi connectivity index (χ3n) is 4.36. The maximum absolute atomic E-state index is 12.4. The van der Waals surface area contributed by atoms with Crippen molar-refractivity contribution in [2.24, 2.45) is 5.73 Å². The molecule has 2 fully saturated rings. The van der Waals surface area contributed by atoms with Crippen molar-refractivity contribution >= 4 is 5.91 Å². The average molecular weight is 283 g/mol. The zero-order valence-electron chi connectivity index (χ0n) is 12.9. The van der Waals surface area contributed by atoms with Crippen LogP contribution in [0.15, 0.2) is 0 Å². The van der Waals surface area contributed by atoms with Crippen LogP contribution in [0.2, 0.25) is 0 Å². The van der Waals surface area contributed by atoms with Crippen LogP contribution in [-0.2, 0) is 9.53 Å². The average Bonchev–Trinajstić information content (AvgIpc) is 2.44. The number of hydrogen-bond acceptors (Lipinski definition) is 4. The molecule has 0 saturated carbocycles. The fourth-order valence-corrected chi connectivity index (χ4v) is 3.35. The Labute approximate surface area is 122 Å². The molecule has 2 rings (SSSR count). The molecular weight excluding hydrogens is 254 g/mol. The molecule has 0 aromatic carbocycles. The number of nitrogens with two attached hydrogens (primary N) is 1. The highest BCUT2D eigenvalue weighted by Crippen LogP contribution is 2.17. The van der Waals surface area contributed by atoms with Gasteiger partial charge in [-0.2, -0.15) is 0 Å². The minimum Gasteiger partial charge on any atom is -0.373 e. The molecule has 0 aromatic heterocycles. The minimum atomic E-state index is 0.151. The fourth-order valence-electron chi connectivity index (χ4n) is 3.35. The summed E-state index contributed by atoms with van der Waals surface area (Å²) in [5.74, 6) is 0.270. The van der Waals surface area contributed by atoms with E-state index in [0.717, 1.165) is 39.0 Å². The van der Waals surface area contributed by atoms with E-state index in [1.54, 1.807) is 0 Å². The zero-order valence-corrected chi connectivity index (χ0v) is 12.9. The van der Waals surface area contributed by atoms with E-state index in [4.69, 9.17) is 10.5 Å². The quantitative estimate of drug-likeness (QED) is 0.830. The summed E-state index contributed by atoms with van der Waals surface area (Å²) in [6, 6.07) is 0.151. The first kappa shape index (κ1) is 15.7. The van der Waals surface area contributed by atoms with E-state index in [2.05, 4.69) is 18.7 Å². The van der Waals surface area contributed by atoms with Crippen molar-refractivity contribution in [2.75, 3.05) is 32.7 Å². The zero-order chi connectivity index (χ0) is 14.5. The SMILES string of the molecule is CC1CN(C(CN)CC(=O)N2CCCCC2)CC(C)O1. The van der Waals surface area contributed by atoms with Gasteiger partial charge in [-0.3, -0.25) is 9.69 Å². The van der Waals surface area contributed by atoms with Crippen LogP contribution in [0.25, 0.3) is 0 Å². The first-order valence-electron chi connectivity index (χ1n) is 7.97. The molecule has 5 heteroatoms. The van der Waals surface area contributed by atoms with Gasteiger partial charge in [-0.15, -0.1) is 0 Å². The Balaban J connectivity index is 1.88. The summed E-state index contributed by atoms with van der Waals surface area (Å²) in [5.41, 5.74) is 5.92. The fraction of sp³-hybridized carbons (Fsp3) is 0.933. The summed E-state index contributed by atoms with van der Waals surface area (Å²) in [7, 11) is 0. The second kappa shape index (κ2) is 7.38. The second-order valence-corrected chi connectivity index (χ2v) is 6.25. The van der Waals surface area contributed by atoms with Crippen LogP contribution in [0, 0.1) is 0 Å². The highest BCUT2D eigenvalue weighted by molar-refractivity contribution is 5.77. The predicted octanol–water partition coefficient (Wildman–Crippen LogP) is 0.826. The van der Waals surface area contributed by atoms with Crippen LogP contribution in [0.4, 0.5) is 0 Å². The van der Waals surface area contributed by atoms with Crippen molar-refractivity contribution in [1.82, 2.24) is 9.80 Å². The summed E-state index contributed by atoms with van der Waals surface area (Å²) in [6.45, 7) is 8.31. The highest BCUT2D eigenvalue weighted by Gasteiger charge is 2.29. The van der Waals surface area contributed by atoms with Gasteiger partial charge in [-0.25, -0.2) is 0 Å². The number of morpholine rings is 1. The van der Waals surface area contributed by atoms with Gasteiger partial charge in [0.15, 0.2) is 0 Å². The Morgan fingerprint density at radius 1 is 1.20 bits per heavy atom. The van der Waals surface area contributed by atoms with Crippen LogP contribution >= 0.6 is 0 Å². The molecule has 2 N–H and O–H groups in total. The molecular formula is C15H29N3O2. The van der Waals surface area contributed by atoms with Crippen LogP contribution in [0.5, 0.6) is 0 Å². The maximum atomic E-state index is 12.4. The number of piperidine rings is 1. The monoisotopic (exact) mass is 283 g/mol. The molecule has 2 heterocycles. The number of nitrogens with zero attached hydrogens (tertiary/aromatic N) is 2. The largest absolute Gasteiger partial charge is 0.373 e. The highest BCUT2D eigenvalue weighted by atomic mass is 16.5. The number of rotatable bonds is 4. The Bertz CT molecular complexity index is 308. The van der Waals surface area contributed by atoms with Crippen LogP contribution < -0.4 is 5.73 Å². The molecule has 3 unspecified atom stereocenters. The summed E-state index contributed by atoms with van der Waals surface area (Å²) in [5, 5.41) is 0. The summed E-state index contributed by atoms with van der Waals surface area (Å²) < 4.78 is 5.75. The Morgan fingerprint density at radius 2 is 1.80 bits per heavy atom. The van der Waals surface area contributed by atoms with Gasteiger partial charge in [0.2, 0.25) is 5.91 Å². The number of hydrogen-bond donors (Lipinski definition) is 1.